The number of hydrogen-bond acceptors (Lipinski definition) is 3. The third-order valence-corrected chi connectivity index (χ3v) is 4.57. The molecule has 0 aliphatic carbocycles. The fourth-order valence-electron chi connectivity index (χ4n) is 3.36. The number of aryl methyl sites for hydroxylation is 1. The Morgan fingerprint density at radius 3 is 2.68 bits per heavy atom. The van der Waals surface area contributed by atoms with Gasteiger partial charge >= 0.3 is 0 Å². The van der Waals surface area contributed by atoms with Crippen LogP contribution in [0.3, 0.4) is 0 Å². The number of fused-ring (bicyclic) bond motifs is 2. The van der Waals surface area contributed by atoms with Crippen LogP contribution >= 0.6 is 24.0 Å². The van der Waals surface area contributed by atoms with Gasteiger partial charge in [0, 0.05) is 23.1 Å². The molecule has 22 heavy (non-hydrogen) atoms. The third kappa shape index (κ3) is 4.28. The van der Waals surface area contributed by atoms with Gasteiger partial charge in [0.05, 0.1) is 0 Å². The lowest BCUT2D eigenvalue weighted by molar-refractivity contribution is -0.124. The third-order valence-electron chi connectivity index (χ3n) is 4.33. The summed E-state index contributed by atoms with van der Waals surface area (Å²) in [5.41, 5.74) is 0.940. The Kier molecular flexibility index (Phi) is 5.95. The van der Waals surface area contributed by atoms with E-state index in [1.807, 2.05) is 13.0 Å². The second-order valence-corrected chi connectivity index (χ2v) is 6.51. The van der Waals surface area contributed by atoms with E-state index < -0.39 is 0 Å². The zero-order chi connectivity index (χ0) is 14.8. The Hall–Kier alpha value is -0.970. The van der Waals surface area contributed by atoms with Crippen molar-refractivity contribution in [3.05, 3.63) is 28.8 Å². The van der Waals surface area contributed by atoms with Crippen LogP contribution in [-0.2, 0) is 4.79 Å². The molecule has 0 aromatic heterocycles. The van der Waals surface area contributed by atoms with Crippen molar-refractivity contribution in [1.29, 1.82) is 0 Å². The van der Waals surface area contributed by atoms with Gasteiger partial charge in [-0.15, -0.1) is 12.4 Å². The van der Waals surface area contributed by atoms with E-state index in [0.717, 1.165) is 18.4 Å². The number of benzene rings is 1. The summed E-state index contributed by atoms with van der Waals surface area (Å²) in [6, 6.07) is 6.84. The monoisotopic (exact) mass is 344 g/mol. The average molecular weight is 345 g/mol. The summed E-state index contributed by atoms with van der Waals surface area (Å²) in [5, 5.41) is 7.34. The van der Waals surface area contributed by atoms with Crippen molar-refractivity contribution in [2.45, 2.75) is 50.7 Å². The number of rotatable bonds is 4. The largest absolute Gasteiger partial charge is 0.484 e. The summed E-state index contributed by atoms with van der Waals surface area (Å²) in [6.07, 6.45) is 4.53. The summed E-state index contributed by atoms with van der Waals surface area (Å²) in [4.78, 5) is 12.0. The lowest BCUT2D eigenvalue weighted by Crippen LogP contribution is -2.48. The molecule has 4 nitrogen and oxygen atoms in total. The van der Waals surface area contributed by atoms with Crippen LogP contribution in [0.25, 0.3) is 0 Å². The van der Waals surface area contributed by atoms with Gasteiger partial charge < -0.3 is 15.4 Å². The highest BCUT2D eigenvalue weighted by molar-refractivity contribution is 6.30. The van der Waals surface area contributed by atoms with Crippen molar-refractivity contribution in [2.75, 3.05) is 6.61 Å². The first-order valence-electron chi connectivity index (χ1n) is 7.54. The summed E-state index contributed by atoms with van der Waals surface area (Å²) >= 11 is 5.90. The number of hydrogen-bond donors (Lipinski definition) is 2. The van der Waals surface area contributed by atoms with Gasteiger partial charge in [-0.25, -0.2) is 0 Å². The van der Waals surface area contributed by atoms with Crippen molar-refractivity contribution in [2.24, 2.45) is 0 Å². The molecule has 2 atom stereocenters. The van der Waals surface area contributed by atoms with Gasteiger partial charge in [0.25, 0.3) is 5.91 Å². The topological polar surface area (TPSA) is 50.4 Å². The molecule has 3 rings (SSSR count). The molecule has 2 fully saturated rings. The molecule has 122 valence electrons. The maximum atomic E-state index is 12.0. The van der Waals surface area contributed by atoms with Gasteiger partial charge in [-0.1, -0.05) is 11.6 Å². The first-order valence-corrected chi connectivity index (χ1v) is 7.92. The molecule has 2 N–H and O–H groups in total. The van der Waals surface area contributed by atoms with Gasteiger partial charge in [0.2, 0.25) is 0 Å². The molecule has 0 spiro atoms. The van der Waals surface area contributed by atoms with E-state index in [9.17, 15) is 4.79 Å². The van der Waals surface area contributed by atoms with Gasteiger partial charge in [0.1, 0.15) is 5.75 Å². The summed E-state index contributed by atoms with van der Waals surface area (Å²) < 4.78 is 5.58. The molecule has 2 saturated heterocycles. The van der Waals surface area contributed by atoms with Crippen LogP contribution in [0.2, 0.25) is 5.02 Å². The Bertz CT molecular complexity index is 527. The number of ether oxygens (including phenoxy) is 1. The van der Waals surface area contributed by atoms with Crippen molar-refractivity contribution in [3.63, 3.8) is 0 Å². The normalized spacial score (nSPS) is 26.2. The molecule has 2 heterocycles. The van der Waals surface area contributed by atoms with Crippen molar-refractivity contribution >= 4 is 29.9 Å². The SMILES string of the molecule is Cc1cc(Cl)ccc1OCC(=O)NC1CC2CCC(C1)N2.Cl. The van der Waals surface area contributed by atoms with Crippen molar-refractivity contribution < 1.29 is 9.53 Å². The molecular weight excluding hydrogens is 323 g/mol. The van der Waals surface area contributed by atoms with E-state index in [0.29, 0.717) is 22.9 Å². The number of halogens is 2. The fraction of sp³-hybridized carbons (Fsp3) is 0.562. The number of piperidine rings is 1. The van der Waals surface area contributed by atoms with Crippen LogP contribution in [0.4, 0.5) is 0 Å². The Balaban J connectivity index is 0.00000176. The van der Waals surface area contributed by atoms with Crippen LogP contribution in [0.15, 0.2) is 18.2 Å². The molecular formula is C16H22Cl2N2O2. The molecule has 1 aromatic carbocycles. The first-order chi connectivity index (χ1) is 10.1. The minimum absolute atomic E-state index is 0. The smallest absolute Gasteiger partial charge is 0.258 e. The average Bonchev–Trinajstić information content (AvgIpc) is 2.77. The highest BCUT2D eigenvalue weighted by atomic mass is 35.5. The maximum Gasteiger partial charge on any atom is 0.258 e. The zero-order valence-corrected chi connectivity index (χ0v) is 14.2. The van der Waals surface area contributed by atoms with Gasteiger partial charge in [-0.05, 0) is 56.4 Å². The second-order valence-electron chi connectivity index (χ2n) is 6.07. The van der Waals surface area contributed by atoms with Crippen molar-refractivity contribution in [3.8, 4) is 5.75 Å². The van der Waals surface area contributed by atoms with Crippen molar-refractivity contribution in [1.82, 2.24) is 10.6 Å². The van der Waals surface area contributed by atoms with E-state index in [4.69, 9.17) is 16.3 Å². The number of amides is 1. The lowest BCUT2D eigenvalue weighted by atomic mass is 10.00. The molecule has 0 radical (unpaired) electrons. The number of nitrogens with one attached hydrogen (secondary N) is 2. The summed E-state index contributed by atoms with van der Waals surface area (Å²) in [6.45, 7) is 1.98. The van der Waals surface area contributed by atoms with Crippen LogP contribution in [-0.4, -0.2) is 30.6 Å². The molecule has 2 bridgehead atoms. The summed E-state index contributed by atoms with van der Waals surface area (Å²) in [7, 11) is 0. The minimum Gasteiger partial charge on any atom is -0.484 e. The van der Waals surface area contributed by atoms with Gasteiger partial charge in [0.15, 0.2) is 6.61 Å². The van der Waals surface area contributed by atoms with Crippen LogP contribution < -0.4 is 15.4 Å². The second kappa shape index (κ2) is 7.53. The van der Waals surface area contributed by atoms with Gasteiger partial charge in [-0.2, -0.15) is 0 Å². The molecule has 2 aliphatic heterocycles. The molecule has 1 aromatic rings. The zero-order valence-electron chi connectivity index (χ0n) is 12.6. The molecule has 1 amide bonds. The minimum atomic E-state index is -0.0457. The summed E-state index contributed by atoms with van der Waals surface area (Å²) in [5.74, 6) is 0.663. The van der Waals surface area contributed by atoms with Crippen LogP contribution in [0.5, 0.6) is 5.75 Å². The lowest BCUT2D eigenvalue weighted by Gasteiger charge is -2.29. The van der Waals surface area contributed by atoms with Gasteiger partial charge in [-0.3, -0.25) is 4.79 Å². The number of carbonyl (C=O) groups is 1. The maximum absolute atomic E-state index is 12.0. The molecule has 2 unspecified atom stereocenters. The number of carbonyl (C=O) groups excluding carboxylic acids is 1. The predicted molar refractivity (Wildman–Crippen MR) is 90.0 cm³/mol. The van der Waals surface area contributed by atoms with E-state index in [2.05, 4.69) is 10.6 Å². The Labute approximate surface area is 142 Å². The quantitative estimate of drug-likeness (QED) is 0.882. The van der Waals surface area contributed by atoms with E-state index in [1.165, 1.54) is 12.8 Å². The van der Waals surface area contributed by atoms with E-state index in [-0.39, 0.29) is 31.0 Å². The first kappa shape index (κ1) is 17.4. The molecule has 0 saturated carbocycles. The molecule has 6 heteroatoms. The highest BCUT2D eigenvalue weighted by Crippen LogP contribution is 2.26. The highest BCUT2D eigenvalue weighted by Gasteiger charge is 2.33. The van der Waals surface area contributed by atoms with Crippen LogP contribution in [0, 0.1) is 6.92 Å². The van der Waals surface area contributed by atoms with E-state index >= 15 is 0 Å². The fourth-order valence-corrected chi connectivity index (χ4v) is 3.59. The Morgan fingerprint density at radius 2 is 2.05 bits per heavy atom. The van der Waals surface area contributed by atoms with E-state index in [1.54, 1.807) is 12.1 Å². The predicted octanol–water partition coefficient (Wildman–Crippen LogP) is 2.85. The molecule has 2 aliphatic rings. The Morgan fingerprint density at radius 1 is 1.36 bits per heavy atom. The standard InChI is InChI=1S/C16H21ClN2O2.ClH/c1-10-6-11(17)2-5-15(10)21-9-16(20)19-14-7-12-3-4-13(8-14)18-12;/h2,5-6,12-14,18H,3-4,7-9H2,1H3,(H,19,20);1H. The van der Waals surface area contributed by atoms with Crippen LogP contribution in [0.1, 0.15) is 31.2 Å².